The lowest BCUT2D eigenvalue weighted by Gasteiger charge is -2.33. The smallest absolute Gasteiger partial charge is 0.233 e. The average Bonchev–Trinajstić information content (AvgIpc) is 3.08. The zero-order valence-electron chi connectivity index (χ0n) is 13.9. The number of methoxy groups -OCH3 is 1. The second-order valence-corrected chi connectivity index (χ2v) is 6.73. The van der Waals surface area contributed by atoms with Crippen LogP contribution in [0, 0.1) is 0 Å². The van der Waals surface area contributed by atoms with Gasteiger partial charge in [-0.1, -0.05) is 11.8 Å². The number of thioether (sulfide) groups is 1. The van der Waals surface area contributed by atoms with Crippen molar-refractivity contribution in [3.05, 3.63) is 24.3 Å². The third kappa shape index (κ3) is 3.69. The number of hydrogen-bond acceptors (Lipinski definition) is 6. The average molecular weight is 347 g/mol. The molecule has 1 amide bonds. The standard InChI is InChI=1S/C16H21N5O2S/c1-12-5-3-4-10-20(12)15(22)11-24-16-17-18-19-21(16)13-6-8-14(23-2)9-7-13/h6-9,12H,3-5,10-11H2,1-2H3/t12-/m0/s1. The second-order valence-electron chi connectivity index (χ2n) is 5.79. The van der Waals surface area contributed by atoms with E-state index in [2.05, 4.69) is 22.4 Å². The van der Waals surface area contributed by atoms with Crippen LogP contribution in [-0.2, 0) is 4.79 Å². The molecule has 3 rings (SSSR count). The molecule has 128 valence electrons. The molecule has 0 saturated carbocycles. The predicted octanol–water partition coefficient (Wildman–Crippen LogP) is 2.16. The van der Waals surface area contributed by atoms with Gasteiger partial charge >= 0.3 is 0 Å². The van der Waals surface area contributed by atoms with E-state index < -0.39 is 0 Å². The number of aromatic nitrogens is 4. The van der Waals surface area contributed by atoms with Crippen molar-refractivity contribution in [1.82, 2.24) is 25.1 Å². The van der Waals surface area contributed by atoms with Gasteiger partial charge in [-0.25, -0.2) is 0 Å². The lowest BCUT2D eigenvalue weighted by atomic mass is 10.0. The Labute approximate surface area is 145 Å². The number of benzene rings is 1. The Morgan fingerprint density at radius 1 is 1.33 bits per heavy atom. The Kier molecular flexibility index (Phi) is 5.34. The molecule has 1 aromatic carbocycles. The second kappa shape index (κ2) is 7.65. The number of carbonyl (C=O) groups excluding carboxylic acids is 1. The fourth-order valence-corrected chi connectivity index (χ4v) is 3.61. The van der Waals surface area contributed by atoms with Crippen molar-refractivity contribution < 1.29 is 9.53 Å². The SMILES string of the molecule is COc1ccc(-n2nnnc2SCC(=O)N2CCCC[C@@H]2C)cc1. The Balaban J connectivity index is 1.66. The largest absolute Gasteiger partial charge is 0.497 e. The van der Waals surface area contributed by atoms with Gasteiger partial charge < -0.3 is 9.64 Å². The zero-order chi connectivity index (χ0) is 16.9. The number of likely N-dealkylation sites (tertiary alicyclic amines) is 1. The molecule has 0 aliphatic carbocycles. The molecule has 2 aromatic rings. The van der Waals surface area contributed by atoms with Gasteiger partial charge in [0.1, 0.15) is 5.75 Å². The van der Waals surface area contributed by atoms with E-state index in [0.29, 0.717) is 17.0 Å². The maximum Gasteiger partial charge on any atom is 0.233 e. The number of nitrogens with zero attached hydrogens (tertiary/aromatic N) is 5. The maximum atomic E-state index is 12.4. The van der Waals surface area contributed by atoms with Gasteiger partial charge in [-0.15, -0.1) is 5.10 Å². The Morgan fingerprint density at radius 3 is 2.83 bits per heavy atom. The Morgan fingerprint density at radius 2 is 2.12 bits per heavy atom. The molecule has 0 radical (unpaired) electrons. The quantitative estimate of drug-likeness (QED) is 0.772. The van der Waals surface area contributed by atoms with E-state index in [1.807, 2.05) is 29.2 Å². The predicted molar refractivity (Wildman–Crippen MR) is 91.5 cm³/mol. The monoisotopic (exact) mass is 347 g/mol. The van der Waals surface area contributed by atoms with Gasteiger partial charge in [0, 0.05) is 12.6 Å². The summed E-state index contributed by atoms with van der Waals surface area (Å²) >= 11 is 1.37. The first-order valence-electron chi connectivity index (χ1n) is 8.04. The van der Waals surface area contributed by atoms with Crippen LogP contribution in [0.4, 0.5) is 0 Å². The summed E-state index contributed by atoms with van der Waals surface area (Å²) in [7, 11) is 1.63. The summed E-state index contributed by atoms with van der Waals surface area (Å²) in [6.07, 6.45) is 3.37. The van der Waals surface area contributed by atoms with Gasteiger partial charge in [0.15, 0.2) is 0 Å². The fraction of sp³-hybridized carbons (Fsp3) is 0.500. The minimum atomic E-state index is 0.150. The van der Waals surface area contributed by atoms with E-state index in [-0.39, 0.29) is 5.91 Å². The first-order valence-corrected chi connectivity index (χ1v) is 9.02. The van der Waals surface area contributed by atoms with Crippen LogP contribution in [0.25, 0.3) is 5.69 Å². The van der Waals surface area contributed by atoms with Crippen molar-refractivity contribution in [3.8, 4) is 11.4 Å². The van der Waals surface area contributed by atoms with Crippen LogP contribution < -0.4 is 4.74 Å². The summed E-state index contributed by atoms with van der Waals surface area (Å²) in [5.41, 5.74) is 0.835. The zero-order valence-corrected chi connectivity index (χ0v) is 14.7. The molecule has 0 spiro atoms. The summed E-state index contributed by atoms with van der Waals surface area (Å²) in [5.74, 6) is 1.27. The molecule has 1 atom stereocenters. The van der Waals surface area contributed by atoms with Crippen LogP contribution in [0.1, 0.15) is 26.2 Å². The first-order chi connectivity index (χ1) is 11.7. The van der Waals surface area contributed by atoms with Crippen LogP contribution in [0.3, 0.4) is 0 Å². The Bertz CT molecular complexity index is 688. The van der Waals surface area contributed by atoms with Crippen molar-refractivity contribution in [1.29, 1.82) is 0 Å². The third-order valence-electron chi connectivity index (χ3n) is 4.21. The van der Waals surface area contributed by atoms with E-state index >= 15 is 0 Å². The summed E-state index contributed by atoms with van der Waals surface area (Å²) < 4.78 is 6.79. The van der Waals surface area contributed by atoms with Crippen molar-refractivity contribution in [2.75, 3.05) is 19.4 Å². The molecular formula is C16H21N5O2S. The number of ether oxygens (including phenoxy) is 1. The summed E-state index contributed by atoms with van der Waals surface area (Å²) in [6.45, 7) is 2.97. The normalized spacial score (nSPS) is 17.8. The lowest BCUT2D eigenvalue weighted by molar-refractivity contribution is -0.131. The number of piperidine rings is 1. The van der Waals surface area contributed by atoms with E-state index in [9.17, 15) is 4.79 Å². The minimum Gasteiger partial charge on any atom is -0.497 e. The highest BCUT2D eigenvalue weighted by atomic mass is 32.2. The van der Waals surface area contributed by atoms with Crippen LogP contribution in [0.15, 0.2) is 29.4 Å². The van der Waals surface area contributed by atoms with Crippen LogP contribution in [0.5, 0.6) is 5.75 Å². The number of amides is 1. The molecule has 1 aromatic heterocycles. The number of rotatable bonds is 5. The van der Waals surface area contributed by atoms with Gasteiger partial charge in [0.2, 0.25) is 11.1 Å². The molecule has 8 heteroatoms. The lowest BCUT2D eigenvalue weighted by Crippen LogP contribution is -2.42. The molecule has 24 heavy (non-hydrogen) atoms. The van der Waals surface area contributed by atoms with Crippen LogP contribution in [-0.4, -0.2) is 56.5 Å². The minimum absolute atomic E-state index is 0.150. The van der Waals surface area contributed by atoms with Crippen molar-refractivity contribution in [2.45, 2.75) is 37.4 Å². The molecule has 7 nitrogen and oxygen atoms in total. The van der Waals surface area contributed by atoms with E-state index in [4.69, 9.17) is 4.74 Å². The molecule has 1 aliphatic heterocycles. The van der Waals surface area contributed by atoms with Gasteiger partial charge in [-0.05, 0) is 60.9 Å². The van der Waals surface area contributed by atoms with Gasteiger partial charge in [-0.2, -0.15) is 4.68 Å². The van der Waals surface area contributed by atoms with Crippen molar-refractivity contribution in [2.24, 2.45) is 0 Å². The molecule has 0 N–H and O–H groups in total. The third-order valence-corrected chi connectivity index (χ3v) is 5.11. The molecule has 1 fully saturated rings. The molecule has 1 aliphatic rings. The first kappa shape index (κ1) is 16.8. The highest BCUT2D eigenvalue weighted by molar-refractivity contribution is 7.99. The fourth-order valence-electron chi connectivity index (χ4n) is 2.83. The molecule has 2 heterocycles. The van der Waals surface area contributed by atoms with Crippen LogP contribution in [0.2, 0.25) is 0 Å². The number of hydrogen-bond donors (Lipinski definition) is 0. The molecule has 1 saturated heterocycles. The van der Waals surface area contributed by atoms with Gasteiger partial charge in [0.25, 0.3) is 0 Å². The highest BCUT2D eigenvalue weighted by Gasteiger charge is 2.23. The molecule has 0 unspecified atom stereocenters. The summed E-state index contributed by atoms with van der Waals surface area (Å²) in [5, 5.41) is 12.4. The van der Waals surface area contributed by atoms with Gasteiger partial charge in [0.05, 0.1) is 18.6 Å². The van der Waals surface area contributed by atoms with Crippen molar-refractivity contribution in [3.63, 3.8) is 0 Å². The highest BCUT2D eigenvalue weighted by Crippen LogP contribution is 2.22. The summed E-state index contributed by atoms with van der Waals surface area (Å²) in [4.78, 5) is 14.4. The maximum absolute atomic E-state index is 12.4. The molecular weight excluding hydrogens is 326 g/mol. The number of tetrazole rings is 1. The number of carbonyl (C=O) groups is 1. The molecule has 0 bridgehead atoms. The van der Waals surface area contributed by atoms with E-state index in [1.165, 1.54) is 18.2 Å². The van der Waals surface area contributed by atoms with E-state index in [1.54, 1.807) is 11.8 Å². The van der Waals surface area contributed by atoms with Gasteiger partial charge in [-0.3, -0.25) is 4.79 Å². The van der Waals surface area contributed by atoms with Crippen LogP contribution >= 0.6 is 11.8 Å². The van der Waals surface area contributed by atoms with E-state index in [0.717, 1.165) is 30.8 Å². The topological polar surface area (TPSA) is 73.1 Å². The Hall–Kier alpha value is -2.09. The summed E-state index contributed by atoms with van der Waals surface area (Å²) in [6, 6.07) is 7.80. The van der Waals surface area contributed by atoms with Crippen molar-refractivity contribution >= 4 is 17.7 Å².